The summed E-state index contributed by atoms with van der Waals surface area (Å²) in [5.41, 5.74) is 0.856. The first-order valence-electron chi connectivity index (χ1n) is 12.1. The summed E-state index contributed by atoms with van der Waals surface area (Å²) < 4.78 is 5.99. The highest BCUT2D eigenvalue weighted by Crippen LogP contribution is 2.48. The third-order valence-electron chi connectivity index (χ3n) is 7.53. The van der Waals surface area contributed by atoms with E-state index in [0.29, 0.717) is 29.9 Å². The van der Waals surface area contributed by atoms with Gasteiger partial charge in [-0.2, -0.15) is 4.98 Å². The fourth-order valence-electron chi connectivity index (χ4n) is 5.88. The van der Waals surface area contributed by atoms with Gasteiger partial charge in [0.15, 0.2) is 0 Å². The first-order valence-corrected chi connectivity index (χ1v) is 12.5. The van der Waals surface area contributed by atoms with E-state index in [1.54, 1.807) is 13.8 Å². The molecule has 1 atom stereocenters. The molecule has 7 nitrogen and oxygen atoms in total. The minimum atomic E-state index is -0.832. The number of nitrogens with zero attached hydrogens (tertiary/aromatic N) is 5. The number of anilines is 1. The topological polar surface area (TPSA) is 74.6 Å². The van der Waals surface area contributed by atoms with Gasteiger partial charge in [0.25, 0.3) is 0 Å². The molecule has 1 aromatic heterocycles. The Morgan fingerprint density at radius 2 is 1.91 bits per heavy atom. The first-order chi connectivity index (χ1) is 15.8. The van der Waals surface area contributed by atoms with Crippen LogP contribution in [0.4, 0.5) is 5.95 Å². The Morgan fingerprint density at radius 3 is 2.64 bits per heavy atom. The van der Waals surface area contributed by atoms with Crippen LogP contribution in [0.1, 0.15) is 57.4 Å². The Kier molecular flexibility index (Phi) is 6.23. The van der Waals surface area contributed by atoms with E-state index in [1.165, 1.54) is 31.2 Å². The predicted octanol–water partition coefficient (Wildman–Crippen LogP) is 3.91. The molecule has 1 N–H and O–H groups in total. The molecule has 178 valence electrons. The summed E-state index contributed by atoms with van der Waals surface area (Å²) in [5, 5.41) is 10.3. The number of hydrogen-bond donors (Lipinski definition) is 1. The van der Waals surface area contributed by atoms with Gasteiger partial charge in [0.2, 0.25) is 11.2 Å². The summed E-state index contributed by atoms with van der Waals surface area (Å²) in [7, 11) is 0. The van der Waals surface area contributed by atoms with Crippen LogP contribution >= 0.6 is 11.6 Å². The molecule has 1 unspecified atom stereocenters. The number of para-hydroxylation sites is 1. The molecule has 1 saturated carbocycles. The van der Waals surface area contributed by atoms with Crippen LogP contribution in [0.3, 0.4) is 0 Å². The second-order valence-electron chi connectivity index (χ2n) is 10.8. The van der Waals surface area contributed by atoms with Gasteiger partial charge in [-0.1, -0.05) is 18.2 Å². The lowest BCUT2D eigenvalue weighted by atomic mass is 9.78. The van der Waals surface area contributed by atoms with Gasteiger partial charge < -0.3 is 19.6 Å². The summed E-state index contributed by atoms with van der Waals surface area (Å²) in [5.74, 6) is 2.14. The number of ether oxygens (including phenoxy) is 1. The predicted molar refractivity (Wildman–Crippen MR) is 129 cm³/mol. The van der Waals surface area contributed by atoms with Gasteiger partial charge in [-0.25, -0.2) is 9.97 Å². The van der Waals surface area contributed by atoms with E-state index < -0.39 is 5.60 Å². The lowest BCUT2D eigenvalue weighted by Gasteiger charge is -2.49. The average molecular weight is 472 g/mol. The molecule has 3 fully saturated rings. The summed E-state index contributed by atoms with van der Waals surface area (Å²) in [6, 6.07) is 9.03. The van der Waals surface area contributed by atoms with Crippen molar-refractivity contribution < 1.29 is 9.84 Å². The normalized spacial score (nSPS) is 23.6. The number of rotatable bonds is 6. The Labute approximate surface area is 201 Å². The van der Waals surface area contributed by atoms with E-state index in [4.69, 9.17) is 16.3 Å². The number of halogens is 1. The van der Waals surface area contributed by atoms with Crippen molar-refractivity contribution in [2.24, 2.45) is 5.41 Å². The third kappa shape index (κ3) is 5.10. The van der Waals surface area contributed by atoms with E-state index in [0.717, 1.165) is 44.8 Å². The lowest BCUT2D eigenvalue weighted by Crippen LogP contribution is -2.56. The summed E-state index contributed by atoms with van der Waals surface area (Å²) in [6.45, 7) is 8.18. The molecular weight excluding hydrogens is 438 g/mol. The minimum Gasteiger partial charge on any atom is -0.490 e. The molecule has 0 radical (unpaired) electrons. The van der Waals surface area contributed by atoms with E-state index in [-0.39, 0.29) is 5.28 Å². The van der Waals surface area contributed by atoms with E-state index in [1.807, 2.05) is 12.1 Å². The fourth-order valence-corrected chi connectivity index (χ4v) is 6.00. The van der Waals surface area contributed by atoms with E-state index in [9.17, 15) is 5.11 Å². The number of aromatic nitrogens is 3. The van der Waals surface area contributed by atoms with Gasteiger partial charge >= 0.3 is 0 Å². The summed E-state index contributed by atoms with van der Waals surface area (Å²) in [4.78, 5) is 17.4. The standard InChI is InChI=1S/C25H34ClN5O2/c1-24(2,32)16-33-21-6-4-3-5-20(21)18-8-11-30(12-9-18)19-7-10-25(13-19)14-31(15-25)23-28-17-27-22(26)29-23/h3-6,17-19,32H,7-16H2,1-2H3. The van der Waals surface area contributed by atoms with Crippen LogP contribution in [0.5, 0.6) is 5.75 Å². The maximum absolute atomic E-state index is 10.0. The molecule has 1 aromatic carbocycles. The van der Waals surface area contributed by atoms with Gasteiger partial charge in [0, 0.05) is 24.5 Å². The molecule has 8 heteroatoms. The molecular formula is C25H34ClN5O2. The molecule has 1 spiro atoms. The largest absolute Gasteiger partial charge is 0.490 e. The highest BCUT2D eigenvalue weighted by Gasteiger charge is 2.50. The summed E-state index contributed by atoms with van der Waals surface area (Å²) >= 11 is 5.93. The number of benzene rings is 1. The van der Waals surface area contributed by atoms with Crippen molar-refractivity contribution in [1.29, 1.82) is 0 Å². The molecule has 2 saturated heterocycles. The molecule has 33 heavy (non-hydrogen) atoms. The third-order valence-corrected chi connectivity index (χ3v) is 7.71. The Hall–Kier alpha value is -1.96. The second kappa shape index (κ2) is 9.01. The fraction of sp³-hybridized carbons (Fsp3) is 0.640. The molecule has 1 aliphatic carbocycles. The Balaban J connectivity index is 1.14. The SMILES string of the molecule is CC(C)(O)COc1ccccc1C1CCN(C2CCC3(C2)CN(c2ncnc(Cl)n2)C3)CC1. The second-order valence-corrected chi connectivity index (χ2v) is 11.1. The van der Waals surface area contributed by atoms with Gasteiger partial charge in [0.05, 0.1) is 5.60 Å². The van der Waals surface area contributed by atoms with Gasteiger partial charge in [0.1, 0.15) is 18.7 Å². The molecule has 3 aliphatic rings. The zero-order chi connectivity index (χ0) is 23.1. The number of likely N-dealkylation sites (tertiary alicyclic amines) is 1. The molecule has 5 rings (SSSR count). The van der Waals surface area contributed by atoms with Crippen LogP contribution in [-0.4, -0.2) is 69.4 Å². The van der Waals surface area contributed by atoms with Crippen LogP contribution in [0.15, 0.2) is 30.6 Å². The van der Waals surface area contributed by atoms with Crippen molar-refractivity contribution in [2.75, 3.05) is 37.7 Å². The smallest absolute Gasteiger partial charge is 0.229 e. The molecule has 2 aromatic rings. The van der Waals surface area contributed by atoms with Crippen LogP contribution in [0.2, 0.25) is 5.28 Å². The highest BCUT2D eigenvalue weighted by molar-refractivity contribution is 6.28. The number of aliphatic hydroxyl groups is 1. The van der Waals surface area contributed by atoms with Crippen LogP contribution in [0, 0.1) is 5.41 Å². The maximum atomic E-state index is 10.0. The van der Waals surface area contributed by atoms with Crippen LogP contribution < -0.4 is 9.64 Å². The number of piperidine rings is 1. The van der Waals surface area contributed by atoms with Crippen molar-refractivity contribution >= 4 is 17.5 Å². The quantitative estimate of drug-likeness (QED) is 0.684. The van der Waals surface area contributed by atoms with Gasteiger partial charge in [-0.05, 0) is 88.2 Å². The zero-order valence-electron chi connectivity index (χ0n) is 19.6. The van der Waals surface area contributed by atoms with Crippen LogP contribution in [0.25, 0.3) is 0 Å². The lowest BCUT2D eigenvalue weighted by molar-refractivity contribution is 0.0278. The van der Waals surface area contributed by atoms with Crippen molar-refractivity contribution in [1.82, 2.24) is 19.9 Å². The van der Waals surface area contributed by atoms with Crippen molar-refractivity contribution in [2.45, 2.75) is 63.5 Å². The molecule has 2 aliphatic heterocycles. The molecule has 0 bridgehead atoms. The van der Waals surface area contributed by atoms with Gasteiger partial charge in [-0.3, -0.25) is 0 Å². The molecule has 3 heterocycles. The zero-order valence-corrected chi connectivity index (χ0v) is 20.3. The van der Waals surface area contributed by atoms with Crippen molar-refractivity contribution in [3.8, 4) is 5.75 Å². The van der Waals surface area contributed by atoms with E-state index in [2.05, 4.69) is 36.9 Å². The van der Waals surface area contributed by atoms with Crippen molar-refractivity contribution in [3.05, 3.63) is 41.4 Å². The van der Waals surface area contributed by atoms with Gasteiger partial charge in [-0.15, -0.1) is 0 Å². The monoisotopic (exact) mass is 471 g/mol. The molecule has 0 amide bonds. The highest BCUT2D eigenvalue weighted by atomic mass is 35.5. The van der Waals surface area contributed by atoms with Crippen LogP contribution in [-0.2, 0) is 0 Å². The van der Waals surface area contributed by atoms with E-state index >= 15 is 0 Å². The Morgan fingerprint density at radius 1 is 1.15 bits per heavy atom. The minimum absolute atomic E-state index is 0.264. The maximum Gasteiger partial charge on any atom is 0.229 e. The summed E-state index contributed by atoms with van der Waals surface area (Å²) in [6.07, 6.45) is 7.62. The average Bonchev–Trinajstić information content (AvgIpc) is 3.23. The van der Waals surface area contributed by atoms with Crippen molar-refractivity contribution in [3.63, 3.8) is 0 Å². The first kappa shape index (κ1) is 22.8. The Bertz CT molecular complexity index is 967. The number of hydrogen-bond acceptors (Lipinski definition) is 7.